The van der Waals surface area contributed by atoms with Crippen LogP contribution < -0.4 is 0 Å². The van der Waals surface area contributed by atoms with Crippen LogP contribution in [0.2, 0.25) is 4.34 Å². The van der Waals surface area contributed by atoms with E-state index in [1.807, 2.05) is 24.1 Å². The summed E-state index contributed by atoms with van der Waals surface area (Å²) in [6.07, 6.45) is 0. The van der Waals surface area contributed by atoms with Crippen molar-refractivity contribution in [2.75, 3.05) is 7.05 Å². The van der Waals surface area contributed by atoms with E-state index in [1.54, 1.807) is 6.07 Å². The Morgan fingerprint density at radius 1 is 1.35 bits per heavy atom. The van der Waals surface area contributed by atoms with Gasteiger partial charge in [0.15, 0.2) is 0 Å². The highest BCUT2D eigenvalue weighted by molar-refractivity contribution is 7.16. The van der Waals surface area contributed by atoms with Crippen LogP contribution in [0.1, 0.15) is 10.4 Å². The first kappa shape index (κ1) is 14.9. The molecule has 0 atom stereocenters. The number of nitrogens with zero attached hydrogens (tertiary/aromatic N) is 2. The molecular weight excluding hydrogens is 303 g/mol. The van der Waals surface area contributed by atoms with Crippen molar-refractivity contribution in [3.63, 3.8) is 0 Å². The largest absolute Gasteiger partial charge is 0.305 e. The van der Waals surface area contributed by atoms with Crippen molar-refractivity contribution in [2.45, 2.75) is 13.1 Å². The summed E-state index contributed by atoms with van der Waals surface area (Å²) in [7, 11) is 1.83. The second-order valence-electron chi connectivity index (χ2n) is 4.39. The van der Waals surface area contributed by atoms with Gasteiger partial charge in [0, 0.05) is 29.6 Å². The van der Waals surface area contributed by atoms with E-state index in [1.165, 1.54) is 17.4 Å². The van der Waals surface area contributed by atoms with E-state index in [0.717, 1.165) is 10.9 Å². The molecule has 0 aliphatic heterocycles. The third kappa shape index (κ3) is 3.53. The normalized spacial score (nSPS) is 11.0. The van der Waals surface area contributed by atoms with E-state index < -0.39 is 16.4 Å². The molecule has 0 amide bonds. The maximum absolute atomic E-state index is 13.9. The molecule has 106 valence electrons. The van der Waals surface area contributed by atoms with E-state index in [4.69, 9.17) is 11.6 Å². The molecule has 0 unspecified atom stereocenters. The number of halogens is 2. The average molecular weight is 315 g/mol. The van der Waals surface area contributed by atoms with Crippen molar-refractivity contribution in [3.05, 3.63) is 61.0 Å². The number of hydrogen-bond donors (Lipinski definition) is 0. The van der Waals surface area contributed by atoms with Gasteiger partial charge in [0.2, 0.25) is 5.82 Å². The van der Waals surface area contributed by atoms with Crippen molar-refractivity contribution in [3.8, 4) is 0 Å². The predicted octanol–water partition coefficient (Wildman–Crippen LogP) is 4.08. The van der Waals surface area contributed by atoms with E-state index in [2.05, 4.69) is 0 Å². The maximum atomic E-state index is 13.9. The van der Waals surface area contributed by atoms with E-state index in [9.17, 15) is 14.5 Å². The highest BCUT2D eigenvalue weighted by atomic mass is 35.5. The average Bonchev–Trinajstić information content (AvgIpc) is 2.77. The van der Waals surface area contributed by atoms with Gasteiger partial charge in [-0.2, -0.15) is 4.39 Å². The molecule has 0 N–H and O–H groups in total. The van der Waals surface area contributed by atoms with Crippen LogP contribution in [0.5, 0.6) is 0 Å². The molecule has 0 aliphatic rings. The van der Waals surface area contributed by atoms with Crippen molar-refractivity contribution in [1.29, 1.82) is 0 Å². The second kappa shape index (κ2) is 6.30. The molecule has 4 nitrogen and oxygen atoms in total. The number of hydrogen-bond acceptors (Lipinski definition) is 4. The molecule has 1 aromatic heterocycles. The molecule has 0 spiro atoms. The van der Waals surface area contributed by atoms with Crippen molar-refractivity contribution in [1.82, 2.24) is 4.90 Å². The van der Waals surface area contributed by atoms with Crippen LogP contribution in [0, 0.1) is 15.9 Å². The minimum absolute atomic E-state index is 0.295. The highest BCUT2D eigenvalue weighted by Gasteiger charge is 2.18. The molecular formula is C13H12ClFN2O2S. The minimum atomic E-state index is -0.770. The molecule has 7 heteroatoms. The van der Waals surface area contributed by atoms with Gasteiger partial charge in [-0.1, -0.05) is 23.7 Å². The summed E-state index contributed by atoms with van der Waals surface area (Å²) >= 11 is 7.31. The zero-order valence-electron chi connectivity index (χ0n) is 10.7. The lowest BCUT2D eigenvalue weighted by Gasteiger charge is -2.16. The van der Waals surface area contributed by atoms with Crippen LogP contribution in [-0.2, 0) is 13.1 Å². The SMILES string of the molecule is CN(Cc1ccc(Cl)s1)Cc1cccc([N+](=O)[O-])c1F. The van der Waals surface area contributed by atoms with E-state index >= 15 is 0 Å². The van der Waals surface area contributed by atoms with Gasteiger partial charge in [0.1, 0.15) is 0 Å². The lowest BCUT2D eigenvalue weighted by atomic mass is 10.1. The van der Waals surface area contributed by atoms with Gasteiger partial charge in [0.05, 0.1) is 9.26 Å². The Bertz CT molecular complexity index is 633. The van der Waals surface area contributed by atoms with Crippen LogP contribution in [0.25, 0.3) is 0 Å². The van der Waals surface area contributed by atoms with Gasteiger partial charge in [-0.05, 0) is 19.2 Å². The third-order valence-corrected chi connectivity index (χ3v) is 3.97. The Morgan fingerprint density at radius 2 is 2.10 bits per heavy atom. The summed E-state index contributed by atoms with van der Waals surface area (Å²) in [6.45, 7) is 0.905. The molecule has 0 saturated heterocycles. The van der Waals surface area contributed by atoms with Gasteiger partial charge in [-0.15, -0.1) is 11.3 Å². The molecule has 0 radical (unpaired) electrons. The standard InChI is InChI=1S/C13H12ClFN2O2S/c1-16(8-10-5-6-12(14)20-10)7-9-3-2-4-11(13(9)15)17(18)19/h2-6H,7-8H2,1H3. The Labute approximate surface area is 124 Å². The summed E-state index contributed by atoms with van der Waals surface area (Å²) in [4.78, 5) is 12.9. The van der Waals surface area contributed by atoms with Gasteiger partial charge in [-0.25, -0.2) is 0 Å². The molecule has 0 saturated carbocycles. The lowest BCUT2D eigenvalue weighted by molar-refractivity contribution is -0.387. The summed E-state index contributed by atoms with van der Waals surface area (Å²) in [5, 5.41) is 10.7. The second-order valence-corrected chi connectivity index (χ2v) is 6.19. The molecule has 2 rings (SSSR count). The highest BCUT2D eigenvalue weighted by Crippen LogP contribution is 2.24. The number of thiophene rings is 1. The fourth-order valence-corrected chi connectivity index (χ4v) is 3.05. The van der Waals surface area contributed by atoms with Crippen LogP contribution in [0.15, 0.2) is 30.3 Å². The van der Waals surface area contributed by atoms with Crippen molar-refractivity contribution < 1.29 is 9.31 Å². The quantitative estimate of drug-likeness (QED) is 0.617. The number of nitro groups is 1. The topological polar surface area (TPSA) is 46.4 Å². The minimum Gasteiger partial charge on any atom is -0.297 e. The van der Waals surface area contributed by atoms with E-state index in [-0.39, 0.29) is 0 Å². The fourth-order valence-electron chi connectivity index (χ4n) is 1.88. The Balaban J connectivity index is 2.09. The van der Waals surface area contributed by atoms with Gasteiger partial charge in [-0.3, -0.25) is 15.0 Å². The molecule has 1 aromatic carbocycles. The Morgan fingerprint density at radius 3 is 2.70 bits per heavy atom. The van der Waals surface area contributed by atoms with Crippen molar-refractivity contribution in [2.24, 2.45) is 0 Å². The van der Waals surface area contributed by atoms with E-state index in [0.29, 0.717) is 23.0 Å². The molecule has 0 bridgehead atoms. The number of benzene rings is 1. The Hall–Kier alpha value is -1.50. The van der Waals surface area contributed by atoms with Crippen LogP contribution in [0.4, 0.5) is 10.1 Å². The van der Waals surface area contributed by atoms with Crippen LogP contribution >= 0.6 is 22.9 Å². The zero-order valence-corrected chi connectivity index (χ0v) is 12.2. The third-order valence-electron chi connectivity index (χ3n) is 2.75. The molecule has 20 heavy (non-hydrogen) atoms. The fraction of sp³-hybridized carbons (Fsp3) is 0.231. The molecule has 2 aromatic rings. The van der Waals surface area contributed by atoms with Gasteiger partial charge >= 0.3 is 5.69 Å². The first-order chi connectivity index (χ1) is 9.47. The lowest BCUT2D eigenvalue weighted by Crippen LogP contribution is -2.17. The van der Waals surface area contributed by atoms with Crippen molar-refractivity contribution >= 4 is 28.6 Å². The number of rotatable bonds is 5. The molecule has 1 heterocycles. The maximum Gasteiger partial charge on any atom is 0.305 e. The summed E-state index contributed by atoms with van der Waals surface area (Å²) in [5.74, 6) is -0.770. The molecule has 0 aliphatic carbocycles. The van der Waals surface area contributed by atoms with Crippen LogP contribution in [-0.4, -0.2) is 16.9 Å². The zero-order chi connectivity index (χ0) is 14.7. The predicted molar refractivity (Wildman–Crippen MR) is 77.6 cm³/mol. The first-order valence-electron chi connectivity index (χ1n) is 5.82. The number of nitro benzene ring substituents is 1. The molecule has 0 fully saturated rings. The van der Waals surface area contributed by atoms with Gasteiger partial charge < -0.3 is 0 Å². The summed E-state index contributed by atoms with van der Waals surface area (Å²) in [5.41, 5.74) is -0.181. The Kier molecular flexibility index (Phi) is 4.69. The monoisotopic (exact) mass is 314 g/mol. The summed E-state index contributed by atoms with van der Waals surface area (Å²) < 4.78 is 14.6. The van der Waals surface area contributed by atoms with Crippen LogP contribution in [0.3, 0.4) is 0 Å². The summed E-state index contributed by atoms with van der Waals surface area (Å²) in [6, 6.07) is 7.93. The van der Waals surface area contributed by atoms with Gasteiger partial charge in [0.25, 0.3) is 0 Å². The first-order valence-corrected chi connectivity index (χ1v) is 7.01. The smallest absolute Gasteiger partial charge is 0.297 e.